The van der Waals surface area contributed by atoms with Crippen molar-refractivity contribution >= 4 is 39.1 Å². The van der Waals surface area contributed by atoms with Gasteiger partial charge in [0.15, 0.2) is 0 Å². The third-order valence-electron chi connectivity index (χ3n) is 7.01. The number of hydrogen-bond acceptors (Lipinski definition) is 4. The lowest BCUT2D eigenvalue weighted by atomic mass is 10.0. The Labute approximate surface area is 249 Å². The van der Waals surface area contributed by atoms with Crippen molar-refractivity contribution in [2.45, 2.75) is 65.1 Å². The van der Waals surface area contributed by atoms with Crippen LogP contribution in [-0.4, -0.2) is 50.0 Å². The molecule has 0 saturated heterocycles. The van der Waals surface area contributed by atoms with Crippen LogP contribution in [-0.2, 0) is 32.6 Å². The standard InChI is InChI=1S/C32H40ClN3O4S/c1-5-25(3)34-32(38)30(22-26-10-7-6-8-11-26)35(23-27-15-13-24(2)14-16-27)31(37)12-9-21-36(41(4,39)40)29-19-17-28(33)18-20-29/h6-8,10-11,13-20,25,30H,5,9,12,21-23H2,1-4H3,(H,34,38). The van der Waals surface area contributed by atoms with Crippen LogP contribution in [0.25, 0.3) is 0 Å². The average molecular weight is 598 g/mol. The van der Waals surface area contributed by atoms with Crippen molar-refractivity contribution < 1.29 is 18.0 Å². The molecule has 0 saturated carbocycles. The van der Waals surface area contributed by atoms with Gasteiger partial charge >= 0.3 is 0 Å². The number of carbonyl (C=O) groups excluding carboxylic acids is 2. The number of aryl methyl sites for hydroxylation is 1. The Bertz CT molecular complexity index is 1380. The summed E-state index contributed by atoms with van der Waals surface area (Å²) in [4.78, 5) is 29.1. The molecule has 3 rings (SSSR count). The number of benzene rings is 3. The minimum atomic E-state index is -3.59. The molecule has 41 heavy (non-hydrogen) atoms. The molecule has 0 aromatic heterocycles. The van der Waals surface area contributed by atoms with Gasteiger partial charge < -0.3 is 10.2 Å². The lowest BCUT2D eigenvalue weighted by molar-refractivity contribution is -0.141. The highest BCUT2D eigenvalue weighted by Gasteiger charge is 2.31. The van der Waals surface area contributed by atoms with Crippen molar-refractivity contribution in [3.63, 3.8) is 0 Å². The van der Waals surface area contributed by atoms with E-state index in [1.807, 2.05) is 75.4 Å². The predicted molar refractivity (Wildman–Crippen MR) is 166 cm³/mol. The molecule has 220 valence electrons. The first kappa shape index (κ1) is 32.2. The molecule has 3 aromatic rings. The zero-order valence-corrected chi connectivity index (χ0v) is 25.8. The SMILES string of the molecule is CCC(C)NC(=O)C(Cc1ccccc1)N(Cc1ccc(C)cc1)C(=O)CCCN(c1ccc(Cl)cc1)S(C)(=O)=O. The minimum absolute atomic E-state index is 0.0419. The van der Waals surface area contributed by atoms with Crippen molar-refractivity contribution in [1.29, 1.82) is 0 Å². The Balaban J connectivity index is 1.88. The number of nitrogens with zero attached hydrogens (tertiary/aromatic N) is 2. The molecular weight excluding hydrogens is 558 g/mol. The molecule has 0 aliphatic rings. The fourth-order valence-electron chi connectivity index (χ4n) is 4.50. The second-order valence-electron chi connectivity index (χ2n) is 10.4. The highest BCUT2D eigenvalue weighted by atomic mass is 35.5. The van der Waals surface area contributed by atoms with Crippen molar-refractivity contribution in [3.8, 4) is 0 Å². The van der Waals surface area contributed by atoms with Crippen LogP contribution in [0.2, 0.25) is 5.02 Å². The summed E-state index contributed by atoms with van der Waals surface area (Å²) in [5.74, 6) is -0.419. The number of nitrogens with one attached hydrogen (secondary N) is 1. The molecule has 1 N–H and O–H groups in total. The van der Waals surface area contributed by atoms with Gasteiger partial charge in [-0.1, -0.05) is 78.7 Å². The van der Waals surface area contributed by atoms with Crippen molar-refractivity contribution in [2.75, 3.05) is 17.1 Å². The number of rotatable bonds is 14. The summed E-state index contributed by atoms with van der Waals surface area (Å²) >= 11 is 5.99. The van der Waals surface area contributed by atoms with Crippen LogP contribution in [0.5, 0.6) is 0 Å². The van der Waals surface area contributed by atoms with Gasteiger partial charge in [0.2, 0.25) is 21.8 Å². The Kier molecular flexibility index (Phi) is 11.8. The Morgan fingerprint density at radius 3 is 2.15 bits per heavy atom. The topological polar surface area (TPSA) is 86.8 Å². The lowest BCUT2D eigenvalue weighted by Gasteiger charge is -2.32. The van der Waals surface area contributed by atoms with E-state index in [9.17, 15) is 18.0 Å². The molecule has 3 aromatic carbocycles. The maximum Gasteiger partial charge on any atom is 0.243 e. The van der Waals surface area contributed by atoms with Gasteiger partial charge in [-0.25, -0.2) is 8.42 Å². The number of carbonyl (C=O) groups is 2. The largest absolute Gasteiger partial charge is 0.352 e. The molecule has 0 fully saturated rings. The van der Waals surface area contributed by atoms with E-state index < -0.39 is 16.1 Å². The van der Waals surface area contributed by atoms with Crippen LogP contribution in [0.1, 0.15) is 49.8 Å². The molecule has 2 amide bonds. The van der Waals surface area contributed by atoms with Gasteiger partial charge in [-0.3, -0.25) is 13.9 Å². The van der Waals surface area contributed by atoms with Gasteiger partial charge in [-0.05, 0) is 62.1 Å². The van der Waals surface area contributed by atoms with Gasteiger partial charge in [0.1, 0.15) is 6.04 Å². The number of anilines is 1. The molecule has 0 heterocycles. The van der Waals surface area contributed by atoms with E-state index in [1.54, 1.807) is 29.2 Å². The molecule has 0 aliphatic heterocycles. The Hall–Kier alpha value is -3.36. The zero-order chi connectivity index (χ0) is 30.0. The molecule has 0 aliphatic carbocycles. The summed E-state index contributed by atoms with van der Waals surface area (Å²) in [6.45, 7) is 6.32. The molecular formula is C32H40ClN3O4S. The Morgan fingerprint density at radius 1 is 0.927 bits per heavy atom. The molecule has 2 atom stereocenters. The molecule has 9 heteroatoms. The van der Waals surface area contributed by atoms with Gasteiger partial charge in [0, 0.05) is 37.0 Å². The number of amides is 2. The van der Waals surface area contributed by atoms with E-state index in [0.717, 1.165) is 29.4 Å². The van der Waals surface area contributed by atoms with Crippen molar-refractivity contribution in [2.24, 2.45) is 0 Å². The average Bonchev–Trinajstić information content (AvgIpc) is 2.94. The van der Waals surface area contributed by atoms with Gasteiger partial charge in [0.25, 0.3) is 0 Å². The smallest absolute Gasteiger partial charge is 0.243 e. The normalized spacial score (nSPS) is 12.8. The van der Waals surface area contributed by atoms with Crippen LogP contribution in [0.4, 0.5) is 5.69 Å². The highest BCUT2D eigenvalue weighted by Crippen LogP contribution is 2.22. The molecule has 2 unspecified atom stereocenters. The van der Waals surface area contributed by atoms with Crippen molar-refractivity contribution in [1.82, 2.24) is 10.2 Å². The molecule has 0 spiro atoms. The Morgan fingerprint density at radius 2 is 1.56 bits per heavy atom. The van der Waals surface area contributed by atoms with E-state index >= 15 is 0 Å². The summed E-state index contributed by atoms with van der Waals surface area (Å²) < 4.78 is 26.4. The van der Waals surface area contributed by atoms with Crippen molar-refractivity contribution in [3.05, 3.63) is 101 Å². The first-order chi connectivity index (χ1) is 19.5. The quantitative estimate of drug-likeness (QED) is 0.256. The van der Waals surface area contributed by atoms with E-state index in [0.29, 0.717) is 17.1 Å². The zero-order valence-electron chi connectivity index (χ0n) is 24.2. The van der Waals surface area contributed by atoms with Crippen LogP contribution >= 0.6 is 11.6 Å². The maximum absolute atomic E-state index is 13.9. The number of halogens is 1. The third-order valence-corrected chi connectivity index (χ3v) is 8.46. The fraction of sp³-hybridized carbons (Fsp3) is 0.375. The minimum Gasteiger partial charge on any atom is -0.352 e. The van der Waals surface area contributed by atoms with E-state index in [1.165, 1.54) is 4.31 Å². The second-order valence-corrected chi connectivity index (χ2v) is 12.8. The van der Waals surface area contributed by atoms with Gasteiger partial charge in [-0.15, -0.1) is 0 Å². The number of sulfonamides is 1. The van der Waals surface area contributed by atoms with Gasteiger partial charge in [0.05, 0.1) is 11.9 Å². The van der Waals surface area contributed by atoms with E-state index in [2.05, 4.69) is 5.32 Å². The predicted octanol–water partition coefficient (Wildman–Crippen LogP) is 5.75. The molecule has 7 nitrogen and oxygen atoms in total. The van der Waals surface area contributed by atoms with Crippen LogP contribution in [0.15, 0.2) is 78.9 Å². The van der Waals surface area contributed by atoms with E-state index in [-0.39, 0.29) is 43.8 Å². The summed E-state index contributed by atoms with van der Waals surface area (Å²) in [6.07, 6.45) is 2.63. The fourth-order valence-corrected chi connectivity index (χ4v) is 5.59. The summed E-state index contributed by atoms with van der Waals surface area (Å²) in [5.41, 5.74) is 3.45. The summed E-state index contributed by atoms with van der Waals surface area (Å²) in [7, 11) is -3.59. The monoisotopic (exact) mass is 597 g/mol. The van der Waals surface area contributed by atoms with Crippen LogP contribution in [0.3, 0.4) is 0 Å². The number of hydrogen-bond donors (Lipinski definition) is 1. The highest BCUT2D eigenvalue weighted by molar-refractivity contribution is 7.92. The summed E-state index contributed by atoms with van der Waals surface area (Å²) in [6, 6.07) is 23.3. The molecule has 0 bridgehead atoms. The lowest BCUT2D eigenvalue weighted by Crippen LogP contribution is -2.52. The second kappa shape index (κ2) is 15.0. The van der Waals surface area contributed by atoms with Gasteiger partial charge in [-0.2, -0.15) is 0 Å². The van der Waals surface area contributed by atoms with E-state index in [4.69, 9.17) is 11.6 Å². The van der Waals surface area contributed by atoms with Crippen LogP contribution < -0.4 is 9.62 Å². The maximum atomic E-state index is 13.9. The first-order valence-corrected chi connectivity index (χ1v) is 16.1. The van der Waals surface area contributed by atoms with Crippen LogP contribution in [0, 0.1) is 6.92 Å². The first-order valence-electron chi connectivity index (χ1n) is 13.9. The summed E-state index contributed by atoms with van der Waals surface area (Å²) in [5, 5.41) is 3.57. The third kappa shape index (κ3) is 9.90. The molecule has 0 radical (unpaired) electrons.